The fraction of sp³-hybridized carbons (Fsp3) is 0.682. The highest BCUT2D eigenvalue weighted by Gasteiger charge is 2.41. The van der Waals surface area contributed by atoms with E-state index in [2.05, 4.69) is 64.3 Å². The molecular weight excluding hydrogens is 352 g/mol. The molecule has 2 atom stereocenters. The fourth-order valence-electron chi connectivity index (χ4n) is 3.93. The Labute approximate surface area is 169 Å². The first-order valence-electron chi connectivity index (χ1n) is 10.6. The molecule has 0 bridgehead atoms. The van der Waals surface area contributed by atoms with Gasteiger partial charge in [0.1, 0.15) is 0 Å². The molecule has 6 nitrogen and oxygen atoms in total. The van der Waals surface area contributed by atoms with Crippen molar-refractivity contribution in [1.82, 2.24) is 15.1 Å². The molecular formula is C22H36N4O2. The number of morpholine rings is 1. The second-order valence-electron chi connectivity index (χ2n) is 8.11. The maximum Gasteiger partial charge on any atom is 0.193 e. The standard InChI is InChI=1S/C22H36N4O2/c1-18(2)9-12-27-13-10-24-22(23-3)26-16-20-21(17-26)28-14-11-25(20)15-19-7-5-4-6-8-19/h4-8,18,20-21H,9-17H2,1-3H3,(H,23,24). The first-order valence-corrected chi connectivity index (χ1v) is 10.6. The molecule has 0 amide bonds. The van der Waals surface area contributed by atoms with Gasteiger partial charge in [0.25, 0.3) is 0 Å². The Morgan fingerprint density at radius 2 is 2.07 bits per heavy atom. The number of likely N-dealkylation sites (tertiary alicyclic amines) is 1. The topological polar surface area (TPSA) is 49.3 Å². The Hall–Kier alpha value is -1.63. The van der Waals surface area contributed by atoms with Crippen LogP contribution in [-0.4, -0.2) is 81.0 Å². The van der Waals surface area contributed by atoms with Crippen molar-refractivity contribution in [3.8, 4) is 0 Å². The highest BCUT2D eigenvalue weighted by Crippen LogP contribution is 2.24. The number of hydrogen-bond donors (Lipinski definition) is 1. The minimum atomic E-state index is 0.248. The third-order valence-electron chi connectivity index (χ3n) is 5.53. The van der Waals surface area contributed by atoms with Crippen molar-refractivity contribution in [2.24, 2.45) is 10.9 Å². The molecule has 156 valence electrons. The monoisotopic (exact) mass is 388 g/mol. The van der Waals surface area contributed by atoms with E-state index in [1.165, 1.54) is 5.56 Å². The van der Waals surface area contributed by atoms with Crippen LogP contribution in [0.3, 0.4) is 0 Å². The van der Waals surface area contributed by atoms with Gasteiger partial charge in [-0.1, -0.05) is 44.2 Å². The Balaban J connectivity index is 1.47. The van der Waals surface area contributed by atoms with Gasteiger partial charge in [-0.3, -0.25) is 9.89 Å². The van der Waals surface area contributed by atoms with Gasteiger partial charge in [-0.25, -0.2) is 0 Å². The highest BCUT2D eigenvalue weighted by atomic mass is 16.5. The maximum absolute atomic E-state index is 6.08. The van der Waals surface area contributed by atoms with Crippen LogP contribution < -0.4 is 5.32 Å². The van der Waals surface area contributed by atoms with E-state index < -0.39 is 0 Å². The summed E-state index contributed by atoms with van der Waals surface area (Å²) in [7, 11) is 1.85. The Kier molecular flexibility index (Phi) is 8.13. The zero-order valence-electron chi connectivity index (χ0n) is 17.6. The van der Waals surface area contributed by atoms with Crippen LogP contribution in [0.4, 0.5) is 0 Å². The lowest BCUT2D eigenvalue weighted by Gasteiger charge is -2.36. The molecule has 0 spiro atoms. The largest absolute Gasteiger partial charge is 0.380 e. The molecule has 2 unspecified atom stereocenters. The van der Waals surface area contributed by atoms with E-state index in [9.17, 15) is 0 Å². The van der Waals surface area contributed by atoms with Gasteiger partial charge in [0.15, 0.2) is 5.96 Å². The van der Waals surface area contributed by atoms with Gasteiger partial charge in [0.2, 0.25) is 0 Å². The molecule has 0 aliphatic carbocycles. The van der Waals surface area contributed by atoms with E-state index in [1.807, 2.05) is 7.05 Å². The predicted octanol–water partition coefficient (Wildman–Crippen LogP) is 2.21. The van der Waals surface area contributed by atoms with E-state index in [0.29, 0.717) is 18.6 Å². The third-order valence-corrected chi connectivity index (χ3v) is 5.53. The number of guanidine groups is 1. The molecule has 2 aliphatic rings. The van der Waals surface area contributed by atoms with Crippen LogP contribution in [0.1, 0.15) is 25.8 Å². The maximum atomic E-state index is 6.08. The number of nitrogens with one attached hydrogen (secondary N) is 1. The quantitative estimate of drug-likeness (QED) is 0.420. The summed E-state index contributed by atoms with van der Waals surface area (Å²) in [6.07, 6.45) is 1.36. The van der Waals surface area contributed by atoms with Crippen LogP contribution in [0.5, 0.6) is 0 Å². The first kappa shape index (κ1) is 21.1. The van der Waals surface area contributed by atoms with Crippen LogP contribution in [0.15, 0.2) is 35.3 Å². The van der Waals surface area contributed by atoms with Crippen LogP contribution >= 0.6 is 0 Å². The second kappa shape index (κ2) is 10.8. The number of hydrogen-bond acceptors (Lipinski definition) is 4. The lowest BCUT2D eigenvalue weighted by molar-refractivity contribution is -0.0502. The summed E-state index contributed by atoms with van der Waals surface area (Å²) in [5, 5.41) is 3.45. The summed E-state index contributed by atoms with van der Waals surface area (Å²) in [6, 6.07) is 11.1. The van der Waals surface area contributed by atoms with Crippen molar-refractivity contribution in [2.75, 3.05) is 53.0 Å². The van der Waals surface area contributed by atoms with E-state index in [1.54, 1.807) is 0 Å². The first-order chi connectivity index (χ1) is 13.7. The zero-order chi connectivity index (χ0) is 19.8. The Morgan fingerprint density at radius 3 is 2.82 bits per heavy atom. The second-order valence-corrected chi connectivity index (χ2v) is 8.11. The van der Waals surface area contributed by atoms with Crippen LogP contribution in [-0.2, 0) is 16.0 Å². The van der Waals surface area contributed by atoms with E-state index in [-0.39, 0.29) is 6.10 Å². The number of benzene rings is 1. The molecule has 0 saturated carbocycles. The molecule has 2 heterocycles. The summed E-state index contributed by atoms with van der Waals surface area (Å²) in [5.41, 5.74) is 1.36. The summed E-state index contributed by atoms with van der Waals surface area (Å²) < 4.78 is 11.8. The van der Waals surface area contributed by atoms with Gasteiger partial charge in [-0.2, -0.15) is 0 Å². The van der Waals surface area contributed by atoms with Crippen molar-refractivity contribution in [3.05, 3.63) is 35.9 Å². The van der Waals surface area contributed by atoms with Crippen molar-refractivity contribution in [2.45, 2.75) is 39.0 Å². The summed E-state index contributed by atoms with van der Waals surface area (Å²) in [6.45, 7) is 11.4. The molecule has 6 heteroatoms. The summed E-state index contributed by atoms with van der Waals surface area (Å²) in [4.78, 5) is 9.37. The average molecular weight is 389 g/mol. The Bertz CT molecular complexity index is 608. The summed E-state index contributed by atoms with van der Waals surface area (Å²) in [5.74, 6) is 1.64. The lowest BCUT2D eigenvalue weighted by Crippen LogP contribution is -2.50. The van der Waals surface area contributed by atoms with Crippen LogP contribution in [0, 0.1) is 5.92 Å². The zero-order valence-corrected chi connectivity index (χ0v) is 17.6. The molecule has 1 aromatic carbocycles. The number of nitrogens with zero attached hydrogens (tertiary/aromatic N) is 3. The third kappa shape index (κ3) is 5.93. The molecule has 0 aromatic heterocycles. The highest BCUT2D eigenvalue weighted by molar-refractivity contribution is 5.80. The van der Waals surface area contributed by atoms with Gasteiger partial charge in [-0.05, 0) is 17.9 Å². The van der Waals surface area contributed by atoms with Gasteiger partial charge in [-0.15, -0.1) is 0 Å². The van der Waals surface area contributed by atoms with E-state index in [0.717, 1.165) is 58.3 Å². The van der Waals surface area contributed by atoms with Gasteiger partial charge in [0, 0.05) is 46.4 Å². The minimum absolute atomic E-state index is 0.248. The summed E-state index contributed by atoms with van der Waals surface area (Å²) >= 11 is 0. The number of aliphatic imine (C=N–C) groups is 1. The van der Waals surface area contributed by atoms with Crippen LogP contribution in [0.25, 0.3) is 0 Å². The predicted molar refractivity (Wildman–Crippen MR) is 114 cm³/mol. The molecule has 2 aliphatic heterocycles. The van der Waals surface area contributed by atoms with Gasteiger partial charge in [0.05, 0.1) is 25.4 Å². The molecule has 2 saturated heterocycles. The normalized spacial score (nSPS) is 23.3. The molecule has 1 aromatic rings. The lowest BCUT2D eigenvalue weighted by atomic mass is 10.1. The van der Waals surface area contributed by atoms with Crippen molar-refractivity contribution in [3.63, 3.8) is 0 Å². The fourth-order valence-corrected chi connectivity index (χ4v) is 3.93. The molecule has 3 rings (SSSR count). The van der Waals surface area contributed by atoms with Crippen molar-refractivity contribution in [1.29, 1.82) is 0 Å². The van der Waals surface area contributed by atoms with E-state index >= 15 is 0 Å². The van der Waals surface area contributed by atoms with Gasteiger partial charge >= 0.3 is 0 Å². The smallest absolute Gasteiger partial charge is 0.193 e. The molecule has 28 heavy (non-hydrogen) atoms. The Morgan fingerprint density at radius 1 is 1.25 bits per heavy atom. The molecule has 0 radical (unpaired) electrons. The minimum Gasteiger partial charge on any atom is -0.380 e. The molecule has 2 fully saturated rings. The van der Waals surface area contributed by atoms with Crippen LogP contribution in [0.2, 0.25) is 0 Å². The molecule has 1 N–H and O–H groups in total. The number of ether oxygens (including phenoxy) is 2. The number of rotatable bonds is 8. The number of fused-ring (bicyclic) bond motifs is 1. The van der Waals surface area contributed by atoms with Crippen molar-refractivity contribution >= 4 is 5.96 Å². The SMILES string of the molecule is CN=C(NCCOCCC(C)C)N1CC2OCCN(Cc3ccccc3)C2C1. The average Bonchev–Trinajstić information content (AvgIpc) is 3.13. The van der Waals surface area contributed by atoms with Gasteiger partial charge < -0.3 is 19.7 Å². The van der Waals surface area contributed by atoms with E-state index in [4.69, 9.17) is 9.47 Å². The van der Waals surface area contributed by atoms with Crippen molar-refractivity contribution < 1.29 is 9.47 Å².